The molecular weight excluding hydrogens is 194 g/mol. The van der Waals surface area contributed by atoms with Crippen LogP contribution in [-0.2, 0) is 11.8 Å². The zero-order valence-electron chi connectivity index (χ0n) is 8.52. The first kappa shape index (κ1) is 10.0. The van der Waals surface area contributed by atoms with E-state index in [1.807, 2.05) is 6.07 Å². The highest BCUT2D eigenvalue weighted by molar-refractivity contribution is 6.30. The van der Waals surface area contributed by atoms with E-state index in [2.05, 4.69) is 19.1 Å². The molecule has 0 radical (unpaired) electrons. The third-order valence-corrected chi connectivity index (χ3v) is 3.44. The van der Waals surface area contributed by atoms with Crippen LogP contribution >= 0.6 is 11.6 Å². The second-order valence-electron chi connectivity index (χ2n) is 4.19. The van der Waals surface area contributed by atoms with Gasteiger partial charge < -0.3 is 5.73 Å². The van der Waals surface area contributed by atoms with Gasteiger partial charge in [0.15, 0.2) is 0 Å². The molecule has 0 spiro atoms. The maximum atomic E-state index is 6.08. The van der Waals surface area contributed by atoms with E-state index in [1.165, 1.54) is 24.0 Å². The lowest BCUT2D eigenvalue weighted by atomic mass is 9.94. The average Bonchev–Trinajstić information content (AvgIpc) is 2.97. The normalized spacial score (nSPS) is 18.2. The number of nitrogens with two attached hydrogens (primary N) is 1. The highest BCUT2D eigenvalue weighted by Gasteiger charge is 2.42. The maximum absolute atomic E-state index is 6.08. The van der Waals surface area contributed by atoms with Crippen LogP contribution in [0.1, 0.15) is 30.9 Å². The van der Waals surface area contributed by atoms with Gasteiger partial charge in [-0.05, 0) is 42.5 Å². The van der Waals surface area contributed by atoms with Crippen molar-refractivity contribution in [2.75, 3.05) is 6.54 Å². The molecule has 0 atom stereocenters. The van der Waals surface area contributed by atoms with E-state index in [0.29, 0.717) is 0 Å². The van der Waals surface area contributed by atoms with Crippen molar-refractivity contribution in [2.45, 2.75) is 31.6 Å². The molecular formula is C12H16ClN. The minimum Gasteiger partial charge on any atom is -0.330 e. The average molecular weight is 210 g/mol. The summed E-state index contributed by atoms with van der Waals surface area (Å²) in [7, 11) is 0. The summed E-state index contributed by atoms with van der Waals surface area (Å²) in [6.45, 7) is 2.90. The van der Waals surface area contributed by atoms with Crippen LogP contribution < -0.4 is 5.73 Å². The summed E-state index contributed by atoms with van der Waals surface area (Å²) in [6.07, 6.45) is 3.47. The first-order valence-corrected chi connectivity index (χ1v) is 5.58. The Morgan fingerprint density at radius 1 is 1.36 bits per heavy atom. The molecule has 76 valence electrons. The number of rotatable bonds is 3. The number of hydrogen-bond acceptors (Lipinski definition) is 1. The Bertz CT molecular complexity index is 342. The van der Waals surface area contributed by atoms with Gasteiger partial charge in [0.05, 0.1) is 0 Å². The van der Waals surface area contributed by atoms with Gasteiger partial charge in [0.2, 0.25) is 0 Å². The zero-order chi connectivity index (χ0) is 10.2. The van der Waals surface area contributed by atoms with Gasteiger partial charge in [-0.25, -0.2) is 0 Å². The van der Waals surface area contributed by atoms with Crippen molar-refractivity contribution in [3.8, 4) is 0 Å². The van der Waals surface area contributed by atoms with Gasteiger partial charge in [0.25, 0.3) is 0 Å². The van der Waals surface area contributed by atoms with Gasteiger partial charge in [0, 0.05) is 17.0 Å². The van der Waals surface area contributed by atoms with E-state index in [9.17, 15) is 0 Å². The lowest BCUT2D eigenvalue weighted by molar-refractivity contribution is 0.703. The van der Waals surface area contributed by atoms with Gasteiger partial charge in [-0.2, -0.15) is 0 Å². The van der Waals surface area contributed by atoms with E-state index >= 15 is 0 Å². The smallest absolute Gasteiger partial charge is 0.0411 e. The molecule has 1 aliphatic carbocycles. The molecule has 0 aliphatic heterocycles. The van der Waals surface area contributed by atoms with Crippen LogP contribution in [0, 0.1) is 0 Å². The molecule has 1 aliphatic rings. The minimum atomic E-state index is 0.259. The Morgan fingerprint density at radius 3 is 2.57 bits per heavy atom. The van der Waals surface area contributed by atoms with Crippen LogP contribution in [0.2, 0.25) is 5.02 Å². The van der Waals surface area contributed by atoms with E-state index in [4.69, 9.17) is 17.3 Å². The molecule has 0 heterocycles. The summed E-state index contributed by atoms with van der Waals surface area (Å²) >= 11 is 6.08. The van der Waals surface area contributed by atoms with Crippen molar-refractivity contribution in [1.82, 2.24) is 0 Å². The number of halogens is 1. The van der Waals surface area contributed by atoms with Gasteiger partial charge in [-0.1, -0.05) is 24.6 Å². The predicted molar refractivity (Wildman–Crippen MR) is 60.8 cm³/mol. The summed E-state index contributed by atoms with van der Waals surface area (Å²) in [4.78, 5) is 0. The van der Waals surface area contributed by atoms with Gasteiger partial charge >= 0.3 is 0 Å². The largest absolute Gasteiger partial charge is 0.330 e. The Kier molecular flexibility index (Phi) is 2.54. The molecule has 2 rings (SSSR count). The van der Waals surface area contributed by atoms with Crippen molar-refractivity contribution in [3.05, 3.63) is 34.3 Å². The van der Waals surface area contributed by atoms with Crippen molar-refractivity contribution in [1.29, 1.82) is 0 Å². The molecule has 0 unspecified atom stereocenters. The number of hydrogen-bond donors (Lipinski definition) is 1. The molecule has 1 aromatic carbocycles. The Balaban J connectivity index is 2.38. The molecule has 0 saturated heterocycles. The van der Waals surface area contributed by atoms with Crippen molar-refractivity contribution in [3.63, 3.8) is 0 Å². The second kappa shape index (κ2) is 3.56. The van der Waals surface area contributed by atoms with E-state index in [1.54, 1.807) is 0 Å². The van der Waals surface area contributed by atoms with Crippen LogP contribution in [0.15, 0.2) is 18.2 Å². The first-order valence-electron chi connectivity index (χ1n) is 5.20. The van der Waals surface area contributed by atoms with Crippen LogP contribution in [-0.4, -0.2) is 6.54 Å². The maximum Gasteiger partial charge on any atom is 0.0411 e. The second-order valence-corrected chi connectivity index (χ2v) is 4.62. The fourth-order valence-corrected chi connectivity index (χ4v) is 2.18. The molecule has 1 fully saturated rings. The molecule has 0 amide bonds. The number of aryl methyl sites for hydroxylation is 1. The summed E-state index contributed by atoms with van der Waals surface area (Å²) in [5, 5.41) is 0.846. The topological polar surface area (TPSA) is 26.0 Å². The van der Waals surface area contributed by atoms with E-state index in [-0.39, 0.29) is 5.41 Å². The molecule has 1 nitrogen and oxygen atoms in total. The standard InChI is InChI=1S/C12H16ClN/c1-2-9-5-10(7-11(13)6-9)12(8-14)3-4-12/h5-7H,2-4,8,14H2,1H3. The van der Waals surface area contributed by atoms with Crippen LogP contribution in [0.4, 0.5) is 0 Å². The molecule has 2 heteroatoms. The van der Waals surface area contributed by atoms with E-state index < -0.39 is 0 Å². The Labute approximate surface area is 90.3 Å². The monoisotopic (exact) mass is 209 g/mol. The SMILES string of the molecule is CCc1cc(Cl)cc(C2(CN)CC2)c1. The van der Waals surface area contributed by atoms with Crippen LogP contribution in [0.25, 0.3) is 0 Å². The van der Waals surface area contributed by atoms with Crippen molar-refractivity contribution in [2.24, 2.45) is 5.73 Å². The summed E-state index contributed by atoms with van der Waals surface area (Å²) in [5.74, 6) is 0. The van der Waals surface area contributed by atoms with E-state index in [0.717, 1.165) is 18.0 Å². The summed E-state index contributed by atoms with van der Waals surface area (Å²) in [6, 6.07) is 6.37. The summed E-state index contributed by atoms with van der Waals surface area (Å²) < 4.78 is 0. The fraction of sp³-hybridized carbons (Fsp3) is 0.500. The molecule has 1 aromatic rings. The quantitative estimate of drug-likeness (QED) is 0.814. The Morgan fingerprint density at radius 2 is 2.07 bits per heavy atom. The van der Waals surface area contributed by atoms with Crippen LogP contribution in [0.3, 0.4) is 0 Å². The van der Waals surface area contributed by atoms with Gasteiger partial charge in [0.1, 0.15) is 0 Å². The fourth-order valence-electron chi connectivity index (χ4n) is 1.92. The molecule has 2 N–H and O–H groups in total. The lowest BCUT2D eigenvalue weighted by Crippen LogP contribution is -2.19. The minimum absolute atomic E-state index is 0.259. The lowest BCUT2D eigenvalue weighted by Gasteiger charge is -2.14. The third kappa shape index (κ3) is 1.67. The van der Waals surface area contributed by atoms with Gasteiger partial charge in [-0.3, -0.25) is 0 Å². The Hall–Kier alpha value is -0.530. The van der Waals surface area contributed by atoms with Gasteiger partial charge in [-0.15, -0.1) is 0 Å². The highest BCUT2D eigenvalue weighted by Crippen LogP contribution is 2.47. The van der Waals surface area contributed by atoms with Crippen molar-refractivity contribution >= 4 is 11.6 Å². The third-order valence-electron chi connectivity index (χ3n) is 3.22. The zero-order valence-corrected chi connectivity index (χ0v) is 9.27. The summed E-state index contributed by atoms with van der Waals surface area (Å²) in [5.41, 5.74) is 8.71. The molecule has 0 bridgehead atoms. The van der Waals surface area contributed by atoms with Crippen molar-refractivity contribution < 1.29 is 0 Å². The highest BCUT2D eigenvalue weighted by atomic mass is 35.5. The van der Waals surface area contributed by atoms with Crippen LogP contribution in [0.5, 0.6) is 0 Å². The number of benzene rings is 1. The predicted octanol–water partition coefficient (Wildman–Crippen LogP) is 2.89. The first-order chi connectivity index (χ1) is 6.70. The molecule has 1 saturated carbocycles. The molecule has 0 aromatic heterocycles. The molecule has 14 heavy (non-hydrogen) atoms.